The second kappa shape index (κ2) is 5.20. The molecule has 0 aliphatic heterocycles. The Morgan fingerprint density at radius 1 is 1.47 bits per heavy atom. The van der Waals surface area contributed by atoms with Gasteiger partial charge in [0.2, 0.25) is 15.9 Å². The van der Waals surface area contributed by atoms with Crippen LogP contribution in [0.4, 0.5) is 11.4 Å². The summed E-state index contributed by atoms with van der Waals surface area (Å²) < 4.78 is 25.7. The lowest BCUT2D eigenvalue weighted by molar-refractivity contribution is -0.384. The van der Waals surface area contributed by atoms with Crippen LogP contribution < -0.4 is 16.2 Å². The summed E-state index contributed by atoms with van der Waals surface area (Å²) in [6, 6.07) is 2.02. The molecule has 10 heteroatoms. The zero-order valence-corrected chi connectivity index (χ0v) is 10.7. The third kappa shape index (κ3) is 3.39. The Balaban J connectivity index is 3.30. The van der Waals surface area contributed by atoms with Gasteiger partial charge >= 0.3 is 0 Å². The van der Waals surface area contributed by atoms with E-state index in [0.717, 1.165) is 6.07 Å². The maximum absolute atomic E-state index is 11.9. The van der Waals surface area contributed by atoms with Gasteiger partial charge in [-0.05, 0) is 18.6 Å². The van der Waals surface area contributed by atoms with Crippen LogP contribution in [0.1, 0.15) is 5.56 Å². The molecule has 19 heavy (non-hydrogen) atoms. The number of anilines is 1. The van der Waals surface area contributed by atoms with Crippen LogP contribution in [0.2, 0.25) is 0 Å². The van der Waals surface area contributed by atoms with Crippen molar-refractivity contribution in [1.29, 1.82) is 0 Å². The largest absolute Gasteiger partial charge is 0.393 e. The molecule has 0 spiro atoms. The highest BCUT2D eigenvalue weighted by Gasteiger charge is 2.23. The average molecular weight is 288 g/mol. The highest BCUT2D eigenvalue weighted by molar-refractivity contribution is 7.89. The molecular formula is C9H12N4O5S. The van der Waals surface area contributed by atoms with Gasteiger partial charge in [0, 0.05) is 6.07 Å². The van der Waals surface area contributed by atoms with Crippen molar-refractivity contribution in [2.45, 2.75) is 11.8 Å². The summed E-state index contributed by atoms with van der Waals surface area (Å²) in [5.41, 5.74) is 9.81. The molecule has 0 heterocycles. The molecule has 0 radical (unpaired) electrons. The van der Waals surface area contributed by atoms with Gasteiger partial charge < -0.3 is 11.5 Å². The van der Waals surface area contributed by atoms with Crippen molar-refractivity contribution in [2.24, 2.45) is 5.73 Å². The van der Waals surface area contributed by atoms with Crippen LogP contribution in [-0.2, 0) is 14.8 Å². The lowest BCUT2D eigenvalue weighted by Gasteiger charge is -2.09. The van der Waals surface area contributed by atoms with Crippen molar-refractivity contribution < 1.29 is 18.1 Å². The minimum absolute atomic E-state index is 0.142. The molecular weight excluding hydrogens is 276 g/mol. The van der Waals surface area contributed by atoms with Gasteiger partial charge in [0.15, 0.2) is 0 Å². The smallest absolute Gasteiger partial charge is 0.293 e. The van der Waals surface area contributed by atoms with E-state index in [1.807, 2.05) is 4.72 Å². The number of hydrogen-bond donors (Lipinski definition) is 3. The van der Waals surface area contributed by atoms with E-state index in [0.29, 0.717) is 0 Å². The summed E-state index contributed by atoms with van der Waals surface area (Å²) in [7, 11) is -4.07. The van der Waals surface area contributed by atoms with Crippen LogP contribution >= 0.6 is 0 Å². The first-order chi connectivity index (χ1) is 8.65. The number of rotatable bonds is 5. The van der Waals surface area contributed by atoms with Gasteiger partial charge in [-0.2, -0.15) is 0 Å². The fourth-order valence-electron chi connectivity index (χ4n) is 1.39. The molecule has 9 nitrogen and oxygen atoms in total. The number of nitrogens with two attached hydrogens (primary N) is 2. The molecule has 0 fully saturated rings. The quantitative estimate of drug-likeness (QED) is 0.367. The summed E-state index contributed by atoms with van der Waals surface area (Å²) in [5, 5.41) is 10.7. The van der Waals surface area contributed by atoms with Gasteiger partial charge in [-0.15, -0.1) is 0 Å². The number of amides is 1. The van der Waals surface area contributed by atoms with Crippen molar-refractivity contribution in [2.75, 3.05) is 12.3 Å². The van der Waals surface area contributed by atoms with Gasteiger partial charge in [0.05, 0.1) is 16.4 Å². The number of nitrogens with one attached hydrogen (secondary N) is 1. The van der Waals surface area contributed by atoms with Gasteiger partial charge in [0.1, 0.15) is 5.69 Å². The van der Waals surface area contributed by atoms with E-state index in [9.17, 15) is 23.3 Å². The van der Waals surface area contributed by atoms with Crippen molar-refractivity contribution in [3.8, 4) is 0 Å². The van der Waals surface area contributed by atoms with Gasteiger partial charge in [-0.3, -0.25) is 14.9 Å². The third-order valence-corrected chi connectivity index (χ3v) is 3.79. The maximum Gasteiger partial charge on any atom is 0.293 e. The van der Waals surface area contributed by atoms with Crippen LogP contribution in [0.5, 0.6) is 0 Å². The van der Waals surface area contributed by atoms with Crippen molar-refractivity contribution in [3.63, 3.8) is 0 Å². The van der Waals surface area contributed by atoms with E-state index >= 15 is 0 Å². The predicted molar refractivity (Wildman–Crippen MR) is 66.6 cm³/mol. The van der Waals surface area contributed by atoms with E-state index in [4.69, 9.17) is 11.5 Å². The summed E-state index contributed by atoms with van der Waals surface area (Å²) in [5.74, 6) is -0.869. The predicted octanol–water partition coefficient (Wildman–Crippen LogP) is -0.751. The normalized spacial score (nSPS) is 11.2. The first-order valence-corrected chi connectivity index (χ1v) is 6.46. The highest BCUT2D eigenvalue weighted by atomic mass is 32.2. The number of nitro groups is 1. The van der Waals surface area contributed by atoms with E-state index in [2.05, 4.69) is 0 Å². The van der Waals surface area contributed by atoms with Crippen molar-refractivity contribution in [1.82, 2.24) is 4.72 Å². The fourth-order valence-corrected chi connectivity index (χ4v) is 2.63. The Hall–Kier alpha value is -2.20. The van der Waals surface area contributed by atoms with Crippen molar-refractivity contribution in [3.05, 3.63) is 27.8 Å². The standard InChI is InChI=1S/C9H12N4O5S/c1-5-2-6(10)7(13(15)16)3-8(5)19(17,18)12-4-9(11)14/h2-3,12H,4,10H2,1H3,(H2,11,14). The molecule has 0 bridgehead atoms. The number of carbonyl (C=O) groups is 1. The molecule has 0 saturated heterocycles. The molecule has 1 amide bonds. The van der Waals surface area contributed by atoms with Crippen LogP contribution in [0.25, 0.3) is 0 Å². The number of hydrogen-bond acceptors (Lipinski definition) is 6. The number of sulfonamides is 1. The van der Waals surface area contributed by atoms with E-state index < -0.39 is 33.1 Å². The first-order valence-electron chi connectivity index (χ1n) is 4.97. The number of carbonyl (C=O) groups excluding carboxylic acids is 1. The lowest BCUT2D eigenvalue weighted by atomic mass is 10.2. The summed E-state index contributed by atoms with van der Waals surface area (Å²) in [4.78, 5) is 20.2. The molecule has 1 aromatic carbocycles. The van der Waals surface area contributed by atoms with Crippen LogP contribution in [0, 0.1) is 17.0 Å². The maximum atomic E-state index is 11.9. The van der Waals surface area contributed by atoms with Crippen LogP contribution in [0.15, 0.2) is 17.0 Å². The number of nitrogen functional groups attached to an aromatic ring is 1. The summed E-state index contributed by atoms with van der Waals surface area (Å²) in [6.45, 7) is 0.832. The second-order valence-electron chi connectivity index (χ2n) is 3.72. The van der Waals surface area contributed by atoms with Gasteiger partial charge in [-0.25, -0.2) is 13.1 Å². The van der Waals surface area contributed by atoms with Gasteiger partial charge in [0.25, 0.3) is 5.69 Å². The van der Waals surface area contributed by atoms with Crippen LogP contribution in [-0.4, -0.2) is 25.8 Å². The third-order valence-electron chi connectivity index (χ3n) is 2.25. The summed E-state index contributed by atoms with van der Waals surface area (Å²) >= 11 is 0. The Bertz CT molecular complexity index is 640. The zero-order valence-electron chi connectivity index (χ0n) is 9.91. The van der Waals surface area contributed by atoms with E-state index in [1.54, 1.807) is 0 Å². The molecule has 0 aliphatic rings. The average Bonchev–Trinajstić information content (AvgIpc) is 2.25. The number of aryl methyl sites for hydroxylation is 1. The molecule has 5 N–H and O–H groups in total. The Morgan fingerprint density at radius 3 is 2.53 bits per heavy atom. The van der Waals surface area contributed by atoms with E-state index in [1.165, 1.54) is 13.0 Å². The van der Waals surface area contributed by atoms with Crippen molar-refractivity contribution >= 4 is 27.3 Å². The topological polar surface area (TPSA) is 158 Å². The molecule has 0 unspecified atom stereocenters. The Labute approximate surface area is 108 Å². The zero-order chi connectivity index (χ0) is 14.8. The monoisotopic (exact) mass is 288 g/mol. The molecule has 0 atom stereocenters. The molecule has 0 aliphatic carbocycles. The lowest BCUT2D eigenvalue weighted by Crippen LogP contribution is -2.33. The van der Waals surface area contributed by atoms with Gasteiger partial charge in [-0.1, -0.05) is 0 Å². The highest BCUT2D eigenvalue weighted by Crippen LogP contribution is 2.27. The fraction of sp³-hybridized carbons (Fsp3) is 0.222. The molecule has 0 saturated carbocycles. The van der Waals surface area contributed by atoms with E-state index in [-0.39, 0.29) is 16.1 Å². The SMILES string of the molecule is Cc1cc(N)c([N+](=O)[O-])cc1S(=O)(=O)NCC(N)=O. The minimum atomic E-state index is -4.07. The molecule has 1 aromatic rings. The second-order valence-corrected chi connectivity index (χ2v) is 5.46. The Kier molecular flexibility index (Phi) is 4.07. The number of nitrogens with zero attached hydrogens (tertiary/aromatic N) is 1. The molecule has 104 valence electrons. The Morgan fingerprint density at radius 2 is 2.05 bits per heavy atom. The first kappa shape index (κ1) is 14.9. The number of nitro benzene ring substituents is 1. The minimum Gasteiger partial charge on any atom is -0.393 e. The van der Waals surface area contributed by atoms with Crippen LogP contribution in [0.3, 0.4) is 0 Å². The summed E-state index contributed by atoms with van der Waals surface area (Å²) in [6.07, 6.45) is 0. The number of primary amides is 1. The number of benzene rings is 1. The molecule has 0 aromatic heterocycles. The molecule has 1 rings (SSSR count).